The van der Waals surface area contributed by atoms with Crippen molar-refractivity contribution < 1.29 is 9.47 Å². The molecule has 0 aliphatic heterocycles. The molecular formula is C22H20N2O3S. The van der Waals surface area contributed by atoms with Gasteiger partial charge >= 0.3 is 0 Å². The van der Waals surface area contributed by atoms with Gasteiger partial charge in [-0.05, 0) is 42.3 Å². The number of rotatable bonds is 5. The van der Waals surface area contributed by atoms with E-state index in [4.69, 9.17) is 14.5 Å². The van der Waals surface area contributed by atoms with Crippen molar-refractivity contribution in [3.63, 3.8) is 0 Å². The summed E-state index contributed by atoms with van der Waals surface area (Å²) in [6.45, 7) is 2.02. The molecule has 0 atom stereocenters. The third-order valence-corrected chi connectivity index (χ3v) is 5.68. The SMILES string of the molecule is COc1ccc(Cc2nc3sc(C)c(-c4cccc(OC)c4)c3c(=O)[nH]2)cc1. The molecule has 0 radical (unpaired) electrons. The van der Waals surface area contributed by atoms with E-state index in [9.17, 15) is 4.79 Å². The van der Waals surface area contributed by atoms with Crippen LogP contribution in [-0.4, -0.2) is 24.2 Å². The van der Waals surface area contributed by atoms with E-state index in [0.29, 0.717) is 17.6 Å². The number of methoxy groups -OCH3 is 2. The lowest BCUT2D eigenvalue weighted by atomic mass is 10.0. The maximum Gasteiger partial charge on any atom is 0.260 e. The topological polar surface area (TPSA) is 64.2 Å². The monoisotopic (exact) mass is 392 g/mol. The molecule has 0 fully saturated rings. The number of aromatic nitrogens is 2. The summed E-state index contributed by atoms with van der Waals surface area (Å²) >= 11 is 1.54. The van der Waals surface area contributed by atoms with Gasteiger partial charge in [-0.25, -0.2) is 4.98 Å². The molecule has 0 amide bonds. The van der Waals surface area contributed by atoms with Gasteiger partial charge in [0.1, 0.15) is 22.2 Å². The predicted molar refractivity (Wildman–Crippen MR) is 113 cm³/mol. The Morgan fingerprint density at radius 1 is 1.04 bits per heavy atom. The lowest BCUT2D eigenvalue weighted by Crippen LogP contribution is -2.11. The van der Waals surface area contributed by atoms with Gasteiger partial charge < -0.3 is 14.5 Å². The first-order valence-corrected chi connectivity index (χ1v) is 9.70. The number of aromatic amines is 1. The number of thiophene rings is 1. The molecular weight excluding hydrogens is 372 g/mol. The molecule has 4 rings (SSSR count). The lowest BCUT2D eigenvalue weighted by molar-refractivity contribution is 0.414. The number of hydrogen-bond acceptors (Lipinski definition) is 5. The molecule has 2 heterocycles. The van der Waals surface area contributed by atoms with Gasteiger partial charge in [-0.1, -0.05) is 24.3 Å². The minimum Gasteiger partial charge on any atom is -0.497 e. The van der Waals surface area contributed by atoms with Gasteiger partial charge in [0.05, 0.1) is 19.6 Å². The van der Waals surface area contributed by atoms with Gasteiger partial charge in [0.2, 0.25) is 0 Å². The standard InChI is InChI=1S/C22H20N2O3S/c1-13-19(15-5-4-6-17(12-15)27-3)20-21(25)23-18(24-22(20)28-13)11-14-7-9-16(26-2)10-8-14/h4-10,12H,11H2,1-3H3,(H,23,24,25). The molecule has 0 bridgehead atoms. The summed E-state index contributed by atoms with van der Waals surface area (Å²) in [5.74, 6) is 2.22. The second kappa shape index (κ2) is 7.48. The summed E-state index contributed by atoms with van der Waals surface area (Å²) in [6, 6.07) is 15.5. The summed E-state index contributed by atoms with van der Waals surface area (Å²) in [4.78, 5) is 22.4. The van der Waals surface area contributed by atoms with E-state index in [1.165, 1.54) is 0 Å². The largest absolute Gasteiger partial charge is 0.497 e. The number of nitrogens with zero attached hydrogens (tertiary/aromatic N) is 1. The van der Waals surface area contributed by atoms with Crippen molar-refractivity contribution >= 4 is 21.6 Å². The van der Waals surface area contributed by atoms with Crippen LogP contribution in [0.1, 0.15) is 16.3 Å². The highest BCUT2D eigenvalue weighted by Gasteiger charge is 2.17. The molecule has 0 aliphatic rings. The zero-order chi connectivity index (χ0) is 19.7. The molecule has 0 aliphatic carbocycles. The molecule has 0 saturated carbocycles. The number of benzene rings is 2. The number of hydrogen-bond donors (Lipinski definition) is 1. The van der Waals surface area contributed by atoms with Gasteiger partial charge in [-0.15, -0.1) is 11.3 Å². The fourth-order valence-electron chi connectivity index (χ4n) is 3.31. The molecule has 1 N–H and O–H groups in total. The highest BCUT2D eigenvalue weighted by atomic mass is 32.1. The molecule has 2 aromatic heterocycles. The average molecular weight is 392 g/mol. The van der Waals surface area contributed by atoms with Gasteiger partial charge in [-0.3, -0.25) is 4.79 Å². The number of fused-ring (bicyclic) bond motifs is 1. The Morgan fingerprint density at radius 2 is 1.79 bits per heavy atom. The molecule has 2 aromatic carbocycles. The molecule has 4 aromatic rings. The van der Waals surface area contributed by atoms with Crippen LogP contribution in [-0.2, 0) is 6.42 Å². The van der Waals surface area contributed by atoms with Gasteiger partial charge in [0.15, 0.2) is 0 Å². The Balaban J connectivity index is 1.76. The fourth-order valence-corrected chi connectivity index (χ4v) is 4.37. The van der Waals surface area contributed by atoms with Crippen molar-refractivity contribution in [1.29, 1.82) is 0 Å². The Morgan fingerprint density at radius 3 is 2.50 bits per heavy atom. The Kier molecular flexibility index (Phi) is 4.88. The van der Waals surface area contributed by atoms with Crippen molar-refractivity contribution in [2.24, 2.45) is 0 Å². The second-order valence-electron chi connectivity index (χ2n) is 6.48. The van der Waals surface area contributed by atoms with Crippen LogP contribution < -0.4 is 15.0 Å². The van der Waals surface area contributed by atoms with Crippen LogP contribution >= 0.6 is 11.3 Å². The van der Waals surface area contributed by atoms with E-state index in [0.717, 1.165) is 37.9 Å². The van der Waals surface area contributed by atoms with Crippen LogP contribution in [0.3, 0.4) is 0 Å². The van der Waals surface area contributed by atoms with Crippen LogP contribution in [0.2, 0.25) is 0 Å². The molecule has 28 heavy (non-hydrogen) atoms. The number of ether oxygens (including phenoxy) is 2. The highest BCUT2D eigenvalue weighted by molar-refractivity contribution is 7.19. The number of H-pyrrole nitrogens is 1. The van der Waals surface area contributed by atoms with Gasteiger partial charge in [-0.2, -0.15) is 0 Å². The van der Waals surface area contributed by atoms with E-state index < -0.39 is 0 Å². The van der Waals surface area contributed by atoms with Crippen LogP contribution in [0.5, 0.6) is 11.5 Å². The van der Waals surface area contributed by atoms with Crippen LogP contribution in [0, 0.1) is 6.92 Å². The molecule has 5 nitrogen and oxygen atoms in total. The fraction of sp³-hybridized carbons (Fsp3) is 0.182. The van der Waals surface area contributed by atoms with Crippen molar-refractivity contribution in [1.82, 2.24) is 9.97 Å². The Hall–Kier alpha value is -3.12. The first-order valence-electron chi connectivity index (χ1n) is 8.88. The summed E-state index contributed by atoms with van der Waals surface area (Å²) < 4.78 is 10.5. The molecule has 0 spiro atoms. The maximum atomic E-state index is 12.9. The zero-order valence-corrected chi connectivity index (χ0v) is 16.7. The number of aryl methyl sites for hydroxylation is 1. The van der Waals surface area contributed by atoms with E-state index >= 15 is 0 Å². The maximum absolute atomic E-state index is 12.9. The molecule has 0 unspecified atom stereocenters. The van der Waals surface area contributed by atoms with E-state index in [-0.39, 0.29) is 5.56 Å². The Bertz CT molecular complexity index is 1190. The third kappa shape index (κ3) is 3.39. The predicted octanol–water partition coefficient (Wildman–Crippen LogP) is 4.57. The van der Waals surface area contributed by atoms with E-state index in [1.807, 2.05) is 55.5 Å². The number of nitrogens with one attached hydrogen (secondary N) is 1. The van der Waals surface area contributed by atoms with E-state index in [1.54, 1.807) is 25.6 Å². The van der Waals surface area contributed by atoms with Gasteiger partial charge in [0, 0.05) is 16.9 Å². The second-order valence-corrected chi connectivity index (χ2v) is 7.69. The van der Waals surface area contributed by atoms with Gasteiger partial charge in [0.25, 0.3) is 5.56 Å². The van der Waals surface area contributed by atoms with Crippen molar-refractivity contribution in [2.75, 3.05) is 14.2 Å². The highest BCUT2D eigenvalue weighted by Crippen LogP contribution is 2.36. The first-order chi connectivity index (χ1) is 13.6. The van der Waals surface area contributed by atoms with Crippen LogP contribution in [0.15, 0.2) is 53.3 Å². The summed E-state index contributed by atoms with van der Waals surface area (Å²) in [7, 11) is 3.28. The Labute approximate surface area is 166 Å². The smallest absolute Gasteiger partial charge is 0.260 e. The zero-order valence-electron chi connectivity index (χ0n) is 15.9. The minimum absolute atomic E-state index is 0.115. The molecule has 142 valence electrons. The normalized spacial score (nSPS) is 11.0. The third-order valence-electron chi connectivity index (χ3n) is 4.68. The minimum atomic E-state index is -0.115. The lowest BCUT2D eigenvalue weighted by Gasteiger charge is -2.06. The quantitative estimate of drug-likeness (QED) is 0.540. The molecule has 0 saturated heterocycles. The van der Waals surface area contributed by atoms with Crippen LogP contribution in [0.4, 0.5) is 0 Å². The van der Waals surface area contributed by atoms with Crippen LogP contribution in [0.25, 0.3) is 21.3 Å². The average Bonchev–Trinajstić information content (AvgIpc) is 3.05. The summed E-state index contributed by atoms with van der Waals surface area (Å²) in [5, 5.41) is 0.634. The van der Waals surface area contributed by atoms with E-state index in [2.05, 4.69) is 4.98 Å². The first kappa shape index (κ1) is 18.3. The van der Waals surface area contributed by atoms with Crippen molar-refractivity contribution in [2.45, 2.75) is 13.3 Å². The summed E-state index contributed by atoms with van der Waals surface area (Å²) in [6.07, 6.45) is 0.556. The van der Waals surface area contributed by atoms with Crippen molar-refractivity contribution in [3.05, 3.63) is 75.1 Å². The molecule has 6 heteroatoms. The summed E-state index contributed by atoms with van der Waals surface area (Å²) in [5.41, 5.74) is 2.82. The van der Waals surface area contributed by atoms with Crippen molar-refractivity contribution in [3.8, 4) is 22.6 Å².